The molecule has 0 radical (unpaired) electrons. The van der Waals surface area contributed by atoms with E-state index in [1.807, 2.05) is 0 Å². The number of ether oxygens (including phenoxy) is 1. The fraction of sp³-hybridized carbons (Fsp3) is 0.300. The van der Waals surface area contributed by atoms with E-state index in [-0.39, 0.29) is 5.78 Å². The lowest BCUT2D eigenvalue weighted by Gasteiger charge is -1.99. The van der Waals surface area contributed by atoms with E-state index in [1.165, 1.54) is 0 Å². The number of hydrogen-bond donors (Lipinski definition) is 0. The fourth-order valence-electron chi connectivity index (χ4n) is 0.975. The van der Waals surface area contributed by atoms with Crippen LogP contribution in [0, 0.1) is 0 Å². The number of hydrogen-bond acceptors (Lipinski definition) is 2. The van der Waals surface area contributed by atoms with Gasteiger partial charge in [0.2, 0.25) is 0 Å². The summed E-state index contributed by atoms with van der Waals surface area (Å²) in [5.41, 5.74) is 0.682. The molecule has 0 bridgehead atoms. The zero-order chi connectivity index (χ0) is 9.68. The molecule has 0 saturated carbocycles. The molecule has 0 amide bonds. The summed E-state index contributed by atoms with van der Waals surface area (Å²) in [6.45, 7) is 0.460. The molecule has 1 aromatic carbocycles. The lowest BCUT2D eigenvalue weighted by atomic mass is 10.1. The minimum absolute atomic E-state index is 0.0820. The summed E-state index contributed by atoms with van der Waals surface area (Å²) in [7, 11) is 1.58. The van der Waals surface area contributed by atoms with Gasteiger partial charge in [0.25, 0.3) is 0 Å². The van der Waals surface area contributed by atoms with E-state index in [0.717, 1.165) is 0 Å². The van der Waals surface area contributed by atoms with Crippen molar-refractivity contribution in [1.29, 1.82) is 0 Å². The summed E-state index contributed by atoms with van der Waals surface area (Å²) in [6.07, 6.45) is 0.415. The van der Waals surface area contributed by atoms with Crippen molar-refractivity contribution in [3.63, 3.8) is 0 Å². The second-order valence-electron chi connectivity index (χ2n) is 2.67. The molecule has 0 aliphatic heterocycles. The van der Waals surface area contributed by atoms with Gasteiger partial charge in [-0.25, -0.2) is 0 Å². The van der Waals surface area contributed by atoms with Crippen LogP contribution in [0.3, 0.4) is 0 Å². The van der Waals surface area contributed by atoms with E-state index in [0.29, 0.717) is 23.6 Å². The summed E-state index contributed by atoms with van der Waals surface area (Å²) in [4.78, 5) is 11.4. The molecule has 70 valence electrons. The van der Waals surface area contributed by atoms with Gasteiger partial charge in [0.15, 0.2) is 5.78 Å². The Balaban J connectivity index is 2.61. The normalized spacial score (nSPS) is 10.0. The van der Waals surface area contributed by atoms with Crippen molar-refractivity contribution in [1.82, 2.24) is 0 Å². The van der Waals surface area contributed by atoms with E-state index in [9.17, 15) is 4.79 Å². The van der Waals surface area contributed by atoms with Gasteiger partial charge in [0, 0.05) is 24.1 Å². The number of ketones is 1. The quantitative estimate of drug-likeness (QED) is 0.696. The van der Waals surface area contributed by atoms with Crippen LogP contribution in [-0.4, -0.2) is 19.5 Å². The average molecular weight is 199 g/mol. The first-order valence-electron chi connectivity index (χ1n) is 4.01. The Labute approximate surface area is 82.5 Å². The highest BCUT2D eigenvalue weighted by atomic mass is 35.5. The van der Waals surface area contributed by atoms with E-state index in [4.69, 9.17) is 16.3 Å². The van der Waals surface area contributed by atoms with Gasteiger partial charge in [0.1, 0.15) is 0 Å². The SMILES string of the molecule is COCCC(=O)c1ccc(Cl)cc1. The van der Waals surface area contributed by atoms with Crippen molar-refractivity contribution in [3.8, 4) is 0 Å². The number of methoxy groups -OCH3 is 1. The van der Waals surface area contributed by atoms with Crippen molar-refractivity contribution in [2.75, 3.05) is 13.7 Å². The van der Waals surface area contributed by atoms with Crippen LogP contribution in [0.15, 0.2) is 24.3 Å². The summed E-state index contributed by atoms with van der Waals surface area (Å²) >= 11 is 5.68. The van der Waals surface area contributed by atoms with Crippen molar-refractivity contribution in [2.45, 2.75) is 6.42 Å². The van der Waals surface area contributed by atoms with Gasteiger partial charge >= 0.3 is 0 Å². The number of carbonyl (C=O) groups is 1. The van der Waals surface area contributed by atoms with E-state index in [2.05, 4.69) is 0 Å². The molecular weight excluding hydrogens is 188 g/mol. The van der Waals surface area contributed by atoms with Crippen LogP contribution in [0.4, 0.5) is 0 Å². The number of halogens is 1. The molecule has 0 aliphatic carbocycles. The van der Waals surface area contributed by atoms with Gasteiger partial charge in [-0.3, -0.25) is 4.79 Å². The number of carbonyl (C=O) groups excluding carboxylic acids is 1. The predicted octanol–water partition coefficient (Wildman–Crippen LogP) is 2.56. The van der Waals surface area contributed by atoms with Crippen molar-refractivity contribution in [2.24, 2.45) is 0 Å². The fourth-order valence-corrected chi connectivity index (χ4v) is 1.10. The Kier molecular flexibility index (Phi) is 3.93. The minimum Gasteiger partial charge on any atom is -0.384 e. The average Bonchev–Trinajstić information content (AvgIpc) is 2.15. The third-order valence-electron chi connectivity index (χ3n) is 1.70. The monoisotopic (exact) mass is 198 g/mol. The zero-order valence-corrected chi connectivity index (χ0v) is 8.17. The molecule has 0 saturated heterocycles. The molecule has 0 atom stereocenters. The topological polar surface area (TPSA) is 26.3 Å². The second kappa shape index (κ2) is 5.00. The molecule has 0 spiro atoms. The standard InChI is InChI=1S/C10H11ClO2/c1-13-7-6-10(12)8-2-4-9(11)5-3-8/h2-5H,6-7H2,1H3. The van der Waals surface area contributed by atoms with Gasteiger partial charge in [-0.2, -0.15) is 0 Å². The van der Waals surface area contributed by atoms with Crippen LogP contribution < -0.4 is 0 Å². The third-order valence-corrected chi connectivity index (χ3v) is 1.95. The maximum absolute atomic E-state index is 11.4. The van der Waals surface area contributed by atoms with Crippen LogP contribution in [0.25, 0.3) is 0 Å². The van der Waals surface area contributed by atoms with Gasteiger partial charge in [-0.05, 0) is 24.3 Å². The van der Waals surface area contributed by atoms with E-state index in [1.54, 1.807) is 31.4 Å². The molecule has 0 unspecified atom stereocenters. The summed E-state index contributed by atoms with van der Waals surface area (Å²) < 4.78 is 4.81. The Morgan fingerprint density at radius 3 is 2.54 bits per heavy atom. The largest absolute Gasteiger partial charge is 0.384 e. The van der Waals surface area contributed by atoms with Gasteiger partial charge in [-0.15, -0.1) is 0 Å². The highest BCUT2D eigenvalue weighted by Crippen LogP contribution is 2.10. The maximum Gasteiger partial charge on any atom is 0.165 e. The molecule has 0 aliphatic rings. The first-order valence-corrected chi connectivity index (χ1v) is 4.39. The molecule has 0 N–H and O–H groups in total. The maximum atomic E-state index is 11.4. The van der Waals surface area contributed by atoms with E-state index >= 15 is 0 Å². The Morgan fingerprint density at radius 2 is 2.00 bits per heavy atom. The third kappa shape index (κ3) is 3.17. The van der Waals surface area contributed by atoms with Gasteiger partial charge in [0.05, 0.1) is 6.61 Å². The Hall–Kier alpha value is -0.860. The summed E-state index contributed by atoms with van der Waals surface area (Å²) in [5, 5.41) is 0.642. The van der Waals surface area contributed by atoms with Crippen LogP contribution >= 0.6 is 11.6 Å². The zero-order valence-electron chi connectivity index (χ0n) is 7.42. The molecule has 2 nitrogen and oxygen atoms in total. The lowest BCUT2D eigenvalue weighted by molar-refractivity contribution is 0.0932. The summed E-state index contributed by atoms with van der Waals surface area (Å²) in [5.74, 6) is 0.0820. The summed E-state index contributed by atoms with van der Waals surface area (Å²) in [6, 6.07) is 6.86. The van der Waals surface area contributed by atoms with Gasteiger partial charge < -0.3 is 4.74 Å². The second-order valence-corrected chi connectivity index (χ2v) is 3.11. The smallest absolute Gasteiger partial charge is 0.165 e. The van der Waals surface area contributed by atoms with Crippen LogP contribution in [0.5, 0.6) is 0 Å². The number of benzene rings is 1. The highest BCUT2D eigenvalue weighted by Gasteiger charge is 2.04. The molecule has 1 rings (SSSR count). The van der Waals surface area contributed by atoms with Crippen LogP contribution in [0.2, 0.25) is 5.02 Å². The van der Waals surface area contributed by atoms with Crippen molar-refractivity contribution < 1.29 is 9.53 Å². The molecular formula is C10H11ClO2. The highest BCUT2D eigenvalue weighted by molar-refractivity contribution is 6.30. The first-order chi connectivity index (χ1) is 6.24. The molecule has 0 fully saturated rings. The first kappa shape index (κ1) is 10.2. The van der Waals surface area contributed by atoms with E-state index < -0.39 is 0 Å². The lowest BCUT2D eigenvalue weighted by Crippen LogP contribution is -2.02. The number of rotatable bonds is 4. The van der Waals surface area contributed by atoms with Crippen LogP contribution in [0.1, 0.15) is 16.8 Å². The number of Topliss-reactive ketones (excluding diaryl/α,β-unsaturated/α-hetero) is 1. The van der Waals surface area contributed by atoms with Crippen molar-refractivity contribution in [3.05, 3.63) is 34.9 Å². The van der Waals surface area contributed by atoms with Crippen molar-refractivity contribution >= 4 is 17.4 Å². The minimum atomic E-state index is 0.0820. The van der Waals surface area contributed by atoms with Gasteiger partial charge in [-0.1, -0.05) is 11.6 Å². The molecule has 13 heavy (non-hydrogen) atoms. The van der Waals surface area contributed by atoms with Crippen LogP contribution in [-0.2, 0) is 4.74 Å². The molecule has 1 aromatic rings. The molecule has 0 aromatic heterocycles. The Bertz CT molecular complexity index is 279. The molecule has 3 heteroatoms. The Morgan fingerprint density at radius 1 is 1.38 bits per heavy atom. The molecule has 0 heterocycles. The predicted molar refractivity (Wildman–Crippen MR) is 52.3 cm³/mol.